The van der Waals surface area contributed by atoms with Crippen LogP contribution in [0.1, 0.15) is 11.1 Å². The van der Waals surface area contributed by atoms with Crippen molar-refractivity contribution in [3.05, 3.63) is 23.3 Å². The molecule has 0 saturated heterocycles. The molecule has 0 aromatic heterocycles. The topological polar surface area (TPSA) is 116 Å². The second kappa shape index (κ2) is 4.41. The van der Waals surface area contributed by atoms with Crippen LogP contribution in [0.25, 0.3) is 0 Å². The van der Waals surface area contributed by atoms with E-state index in [1.54, 1.807) is 12.1 Å². The molecule has 0 aliphatic heterocycles. The van der Waals surface area contributed by atoms with E-state index < -0.39 is 29.5 Å². The van der Waals surface area contributed by atoms with Crippen LogP contribution >= 0.6 is 0 Å². The molecule has 0 heterocycles. The first-order chi connectivity index (χ1) is 8.11. The highest BCUT2D eigenvalue weighted by Gasteiger charge is 2.23. The molecule has 0 spiro atoms. The third-order valence-electron chi connectivity index (χ3n) is 2.12. The largest absolute Gasteiger partial charge is 0.224 e. The lowest BCUT2D eigenvalue weighted by atomic mass is 10.1. The number of sulfone groups is 2. The molecule has 0 aliphatic carbocycles. The highest BCUT2D eigenvalue weighted by Crippen LogP contribution is 2.24. The van der Waals surface area contributed by atoms with Crippen LogP contribution in [0.3, 0.4) is 0 Å². The lowest BCUT2D eigenvalue weighted by molar-refractivity contribution is 0.588. The van der Waals surface area contributed by atoms with Gasteiger partial charge in [-0.15, -0.1) is 0 Å². The summed E-state index contributed by atoms with van der Waals surface area (Å²) in [4.78, 5) is -0.943. The number of rotatable bonds is 2. The normalized spacial score (nSPS) is 11.6. The Kier molecular flexibility index (Phi) is 3.47. The number of hydrogen-bond donors (Lipinski definition) is 0. The molecule has 94 valence electrons. The summed E-state index contributed by atoms with van der Waals surface area (Å²) >= 11 is 0. The van der Waals surface area contributed by atoms with Gasteiger partial charge in [-0.25, -0.2) is 16.8 Å². The Morgan fingerprint density at radius 3 is 1.28 bits per heavy atom. The van der Waals surface area contributed by atoms with Crippen LogP contribution < -0.4 is 0 Å². The smallest absolute Gasteiger partial charge is 0.176 e. The summed E-state index contributed by atoms with van der Waals surface area (Å²) in [5, 5.41) is 17.6. The molecule has 1 aromatic carbocycles. The van der Waals surface area contributed by atoms with E-state index in [0.29, 0.717) is 0 Å². The Morgan fingerprint density at radius 1 is 0.833 bits per heavy atom. The monoisotopic (exact) mass is 284 g/mol. The molecule has 0 N–H and O–H groups in total. The molecule has 0 radical (unpaired) electrons. The van der Waals surface area contributed by atoms with E-state index in [0.717, 1.165) is 24.6 Å². The van der Waals surface area contributed by atoms with Gasteiger partial charge in [-0.05, 0) is 12.1 Å². The van der Waals surface area contributed by atoms with E-state index in [4.69, 9.17) is 10.5 Å². The fourth-order valence-electron chi connectivity index (χ4n) is 1.32. The first-order valence-corrected chi connectivity index (χ1v) is 8.28. The van der Waals surface area contributed by atoms with Gasteiger partial charge in [0, 0.05) is 12.5 Å². The average molecular weight is 284 g/mol. The van der Waals surface area contributed by atoms with Gasteiger partial charge in [0.05, 0.1) is 20.9 Å². The van der Waals surface area contributed by atoms with E-state index in [9.17, 15) is 16.8 Å². The number of hydrogen-bond acceptors (Lipinski definition) is 6. The van der Waals surface area contributed by atoms with Crippen molar-refractivity contribution in [1.29, 1.82) is 10.5 Å². The molecule has 0 fully saturated rings. The van der Waals surface area contributed by atoms with E-state index in [-0.39, 0.29) is 11.1 Å². The first-order valence-electron chi connectivity index (χ1n) is 4.49. The molecule has 8 heteroatoms. The van der Waals surface area contributed by atoms with Crippen molar-refractivity contribution in [2.75, 3.05) is 12.5 Å². The summed E-state index contributed by atoms with van der Waals surface area (Å²) in [6.07, 6.45) is 1.68. The first kappa shape index (κ1) is 14.2. The molecule has 0 saturated carbocycles. The Labute approximate surface area is 105 Å². The molecule has 1 aromatic rings. The summed E-state index contributed by atoms with van der Waals surface area (Å²) in [5.74, 6) is 0. The van der Waals surface area contributed by atoms with Crippen molar-refractivity contribution in [2.24, 2.45) is 0 Å². The van der Waals surface area contributed by atoms with Crippen LogP contribution in [-0.2, 0) is 19.7 Å². The van der Waals surface area contributed by atoms with Crippen LogP contribution in [0.4, 0.5) is 0 Å². The zero-order chi connectivity index (χ0) is 14.1. The molecule has 0 atom stereocenters. The van der Waals surface area contributed by atoms with Crippen molar-refractivity contribution in [3.8, 4) is 12.1 Å². The maximum Gasteiger partial charge on any atom is 0.176 e. The zero-order valence-corrected chi connectivity index (χ0v) is 11.1. The molecule has 18 heavy (non-hydrogen) atoms. The SMILES string of the molecule is CS(=O)(=O)c1cc(C#N)c(C#N)cc1S(C)(=O)=O. The summed E-state index contributed by atoms with van der Waals surface area (Å²) in [5.41, 5.74) is -0.351. The summed E-state index contributed by atoms with van der Waals surface area (Å²) in [6, 6.07) is 5.13. The molecule has 1 rings (SSSR count). The van der Waals surface area contributed by atoms with Gasteiger partial charge in [0.2, 0.25) is 0 Å². The van der Waals surface area contributed by atoms with E-state index in [1.165, 1.54) is 0 Å². The molecule has 0 bridgehead atoms. The highest BCUT2D eigenvalue weighted by atomic mass is 32.2. The van der Waals surface area contributed by atoms with Gasteiger partial charge in [0.25, 0.3) is 0 Å². The van der Waals surface area contributed by atoms with Crippen LogP contribution in [0, 0.1) is 22.7 Å². The summed E-state index contributed by atoms with van der Waals surface area (Å²) in [6.45, 7) is 0. The molecular formula is C10H8N2O4S2. The maximum atomic E-state index is 11.5. The fourth-order valence-corrected chi connectivity index (χ4v) is 3.75. The lowest BCUT2D eigenvalue weighted by Gasteiger charge is -2.07. The van der Waals surface area contributed by atoms with E-state index in [2.05, 4.69) is 0 Å². The van der Waals surface area contributed by atoms with Crippen molar-refractivity contribution in [3.63, 3.8) is 0 Å². The zero-order valence-electron chi connectivity index (χ0n) is 9.50. The molecular weight excluding hydrogens is 276 g/mol. The highest BCUT2D eigenvalue weighted by molar-refractivity contribution is 7.93. The predicted molar refractivity (Wildman–Crippen MR) is 62.1 cm³/mol. The van der Waals surface area contributed by atoms with Crippen molar-refractivity contribution in [2.45, 2.75) is 9.79 Å². The Morgan fingerprint density at radius 2 is 1.11 bits per heavy atom. The van der Waals surface area contributed by atoms with Crippen molar-refractivity contribution in [1.82, 2.24) is 0 Å². The third kappa shape index (κ3) is 2.67. The fraction of sp³-hybridized carbons (Fsp3) is 0.200. The Bertz CT molecular complexity index is 725. The van der Waals surface area contributed by atoms with Gasteiger partial charge in [0.1, 0.15) is 12.1 Å². The second-order valence-corrected chi connectivity index (χ2v) is 7.58. The van der Waals surface area contributed by atoms with Gasteiger partial charge in [0.15, 0.2) is 19.7 Å². The third-order valence-corrected chi connectivity index (χ3v) is 4.53. The standard InChI is InChI=1S/C10H8N2O4S2/c1-17(13,14)9-3-7(5-11)8(6-12)4-10(9)18(2,15)16/h3-4H,1-2H3. The predicted octanol–water partition coefficient (Wildman–Crippen LogP) is 0.237. The van der Waals surface area contributed by atoms with Crippen molar-refractivity contribution >= 4 is 19.7 Å². The van der Waals surface area contributed by atoms with Gasteiger partial charge in [-0.3, -0.25) is 0 Å². The van der Waals surface area contributed by atoms with Gasteiger partial charge < -0.3 is 0 Å². The van der Waals surface area contributed by atoms with Crippen molar-refractivity contribution < 1.29 is 16.8 Å². The minimum Gasteiger partial charge on any atom is -0.224 e. The molecule has 0 aliphatic rings. The Balaban J connectivity index is 3.95. The average Bonchev–Trinajstić information content (AvgIpc) is 2.24. The molecule has 6 nitrogen and oxygen atoms in total. The van der Waals surface area contributed by atoms with E-state index in [1.807, 2.05) is 0 Å². The lowest BCUT2D eigenvalue weighted by Crippen LogP contribution is -2.09. The minimum atomic E-state index is -3.81. The van der Waals surface area contributed by atoms with E-state index >= 15 is 0 Å². The Hall–Kier alpha value is -1.90. The quantitative estimate of drug-likeness (QED) is 0.767. The van der Waals surface area contributed by atoms with Crippen LogP contribution in [-0.4, -0.2) is 29.3 Å². The minimum absolute atomic E-state index is 0.176. The number of benzene rings is 1. The molecule has 0 amide bonds. The second-order valence-electron chi connectivity index (χ2n) is 3.61. The number of nitrogens with zero attached hydrogens (tertiary/aromatic N) is 2. The van der Waals surface area contributed by atoms with Gasteiger partial charge >= 0.3 is 0 Å². The van der Waals surface area contributed by atoms with Gasteiger partial charge in [-0.2, -0.15) is 10.5 Å². The van der Waals surface area contributed by atoms with Crippen LogP contribution in [0.2, 0.25) is 0 Å². The van der Waals surface area contributed by atoms with Crippen LogP contribution in [0.15, 0.2) is 21.9 Å². The summed E-state index contributed by atoms with van der Waals surface area (Å²) < 4.78 is 46.0. The number of nitriles is 2. The van der Waals surface area contributed by atoms with Crippen LogP contribution in [0.5, 0.6) is 0 Å². The molecule has 0 unspecified atom stereocenters. The van der Waals surface area contributed by atoms with Gasteiger partial charge in [-0.1, -0.05) is 0 Å². The summed E-state index contributed by atoms with van der Waals surface area (Å²) in [7, 11) is -7.63. The maximum absolute atomic E-state index is 11.5.